The van der Waals surface area contributed by atoms with Crippen LogP contribution in [-0.4, -0.2) is 14.3 Å². The first-order valence-corrected chi connectivity index (χ1v) is 10.6. The van der Waals surface area contributed by atoms with E-state index in [2.05, 4.69) is 4.99 Å². The van der Waals surface area contributed by atoms with Gasteiger partial charge in [0.1, 0.15) is 5.36 Å². The molecule has 0 spiro atoms. The fraction of sp³-hybridized carbons (Fsp3) is 0.0476. The average Bonchev–Trinajstić information content (AvgIpc) is 2.73. The van der Waals surface area contributed by atoms with Crippen LogP contribution in [-0.2, 0) is 14.7 Å². The largest absolute Gasteiger partial charge is 1.00 e. The number of nitrogens with one attached hydrogen (secondary N) is 1. The molecule has 0 saturated carbocycles. The van der Waals surface area contributed by atoms with Crippen LogP contribution in [0.4, 0.5) is 11.4 Å². The third-order valence-corrected chi connectivity index (χ3v) is 5.97. The zero-order valence-corrected chi connectivity index (χ0v) is 20.2. The van der Waals surface area contributed by atoms with E-state index in [9.17, 15) is 33.3 Å². The van der Waals surface area contributed by atoms with Gasteiger partial charge in [0, 0.05) is 16.8 Å². The molecule has 2 aromatic carbocycles. The minimum Gasteiger partial charge on any atom is -0.733 e. The molecule has 12 heteroatoms. The topological polar surface area (TPSA) is 174 Å². The molecule has 4 N–H and O–H groups in total. The standard InChI is InChI=1S/C21H15N3O7S.Na/c1-10-6-7-11(8-15(10)24(27)28)23-14-9-16(32(29,30)31)19(22)18-17(14)20(25)12-4-2-3-5-13(12)21(18)26;/h2-9,22,27H,1H3,(H2,29,30,31);/q;+1. The maximum atomic E-state index is 13.2. The van der Waals surface area contributed by atoms with Crippen molar-refractivity contribution < 1.29 is 48.1 Å². The Kier molecular flexibility index (Phi) is 6.80. The Morgan fingerprint density at radius 1 is 1.00 bits per heavy atom. The molecule has 10 nitrogen and oxygen atoms in total. The predicted molar refractivity (Wildman–Crippen MR) is 116 cm³/mol. The van der Waals surface area contributed by atoms with Crippen molar-refractivity contribution >= 4 is 32.6 Å². The number of hydrogen-bond acceptors (Lipinski definition) is 8. The van der Waals surface area contributed by atoms with Crippen molar-refractivity contribution in [2.45, 2.75) is 11.8 Å². The second-order valence-corrected chi connectivity index (χ2v) is 8.51. The van der Waals surface area contributed by atoms with Gasteiger partial charge in [-0.05, 0) is 28.8 Å². The molecule has 0 radical (unpaired) electrons. The summed E-state index contributed by atoms with van der Waals surface area (Å²) in [4.78, 5) is 29.8. The summed E-state index contributed by atoms with van der Waals surface area (Å²) in [5.41, 5.74) is -0.977. The molecule has 0 aliphatic heterocycles. The summed E-state index contributed by atoms with van der Waals surface area (Å²) in [7, 11) is -4.69. The number of nitrogens with zero attached hydrogens (tertiary/aromatic N) is 2. The minimum absolute atomic E-state index is 0. The molecule has 2 aromatic rings. The van der Waals surface area contributed by atoms with Crippen LogP contribution in [0.25, 0.3) is 10.8 Å². The summed E-state index contributed by atoms with van der Waals surface area (Å²) in [6, 6.07) is 11.0. The van der Waals surface area contributed by atoms with E-state index in [0.717, 1.165) is 6.07 Å². The number of aryl methyl sites for hydroxylation is 1. The monoisotopic (exact) mass is 476 g/mol. The molecule has 0 bridgehead atoms. The van der Waals surface area contributed by atoms with Crippen molar-refractivity contribution in [1.29, 1.82) is 5.41 Å². The SMILES string of the molecule is Cc1ccc(N=c2cc([S+](=O)(O)O)c(=N)c3c(=O)c4ccccc4c(=O)c2=3)cc1N([O-])O.[Na+]. The Balaban J connectivity index is 0.00000306. The van der Waals surface area contributed by atoms with Crippen LogP contribution in [0.5, 0.6) is 0 Å². The smallest absolute Gasteiger partial charge is 0.733 e. The van der Waals surface area contributed by atoms with E-state index in [1.54, 1.807) is 13.0 Å². The van der Waals surface area contributed by atoms with E-state index in [1.807, 2.05) is 0 Å². The number of rotatable bonds is 3. The van der Waals surface area contributed by atoms with Gasteiger partial charge in [0.2, 0.25) is 0 Å². The van der Waals surface area contributed by atoms with Gasteiger partial charge in [-0.3, -0.25) is 20.2 Å². The molecular weight excluding hydrogens is 461 g/mol. The first-order chi connectivity index (χ1) is 15.0. The van der Waals surface area contributed by atoms with E-state index >= 15 is 0 Å². The Morgan fingerprint density at radius 2 is 1.58 bits per heavy atom. The summed E-state index contributed by atoms with van der Waals surface area (Å²) >= 11 is 0. The molecule has 0 aromatic heterocycles. The fourth-order valence-electron chi connectivity index (χ4n) is 3.56. The molecule has 0 heterocycles. The molecule has 0 atom stereocenters. The minimum atomic E-state index is -4.69. The molecule has 0 amide bonds. The molecule has 33 heavy (non-hydrogen) atoms. The van der Waals surface area contributed by atoms with Gasteiger partial charge in [-0.2, -0.15) is 9.11 Å². The molecule has 2 aliphatic rings. The Bertz CT molecular complexity index is 1740. The van der Waals surface area contributed by atoms with Gasteiger partial charge in [0.15, 0.2) is 10.9 Å². The van der Waals surface area contributed by atoms with Crippen molar-refractivity contribution in [2.75, 3.05) is 5.23 Å². The van der Waals surface area contributed by atoms with Crippen molar-refractivity contribution in [3.8, 4) is 0 Å². The average molecular weight is 476 g/mol. The number of benzene rings is 2. The van der Waals surface area contributed by atoms with Crippen LogP contribution in [0.2, 0.25) is 0 Å². The van der Waals surface area contributed by atoms with E-state index < -0.39 is 36.8 Å². The summed E-state index contributed by atoms with van der Waals surface area (Å²) in [6.45, 7) is 1.57. The zero-order chi connectivity index (χ0) is 23.4. The summed E-state index contributed by atoms with van der Waals surface area (Å²) < 4.78 is 31.4. The van der Waals surface area contributed by atoms with Crippen LogP contribution < -0.4 is 56.4 Å². The van der Waals surface area contributed by atoms with Crippen molar-refractivity contribution in [2.24, 2.45) is 4.99 Å². The molecule has 2 aliphatic carbocycles. The zero-order valence-electron chi connectivity index (χ0n) is 17.4. The fourth-order valence-corrected chi connectivity index (χ4v) is 4.19. The van der Waals surface area contributed by atoms with Gasteiger partial charge in [-0.25, -0.2) is 4.99 Å². The Labute approximate surface area is 208 Å². The van der Waals surface area contributed by atoms with Gasteiger partial charge < -0.3 is 10.4 Å². The Morgan fingerprint density at radius 3 is 2.12 bits per heavy atom. The maximum Gasteiger partial charge on any atom is 1.00 e. The number of fused-ring (bicyclic) bond motifs is 1. The van der Waals surface area contributed by atoms with Crippen molar-refractivity contribution in [3.63, 3.8) is 0 Å². The summed E-state index contributed by atoms with van der Waals surface area (Å²) in [6.07, 6.45) is 0. The molecule has 4 rings (SSSR count). The second kappa shape index (κ2) is 8.97. The number of anilines is 1. The first kappa shape index (κ1) is 25.0. The third-order valence-electron chi connectivity index (χ3n) is 5.08. The Hall–Kier alpha value is -2.61. The predicted octanol–water partition coefficient (Wildman–Crippen LogP) is -1.32. The van der Waals surface area contributed by atoms with E-state index in [0.29, 0.717) is 5.56 Å². The van der Waals surface area contributed by atoms with Gasteiger partial charge >= 0.3 is 40.1 Å². The van der Waals surface area contributed by atoms with Crippen LogP contribution in [0, 0.1) is 28.0 Å². The van der Waals surface area contributed by atoms with Gasteiger partial charge in [-0.15, -0.1) is 0 Å². The van der Waals surface area contributed by atoms with Crippen molar-refractivity contribution in [3.05, 3.63) is 101 Å². The van der Waals surface area contributed by atoms with E-state index in [-0.39, 0.29) is 67.5 Å². The van der Waals surface area contributed by atoms with E-state index in [4.69, 9.17) is 5.41 Å². The third kappa shape index (κ3) is 4.33. The number of hydrogen-bond donors (Lipinski definition) is 4. The molecule has 0 unspecified atom stereocenters. The molecule has 0 fully saturated rings. The van der Waals surface area contributed by atoms with Gasteiger partial charge in [0.05, 0.1) is 27.2 Å². The van der Waals surface area contributed by atoms with Crippen LogP contribution >= 0.6 is 0 Å². The second-order valence-electron chi connectivity index (χ2n) is 7.07. The van der Waals surface area contributed by atoms with Crippen LogP contribution in [0.15, 0.2) is 68.0 Å². The summed E-state index contributed by atoms with van der Waals surface area (Å²) in [5, 5.41) is 26.9. The van der Waals surface area contributed by atoms with Gasteiger partial charge in [0.25, 0.3) is 4.90 Å². The van der Waals surface area contributed by atoms with Crippen LogP contribution in [0.3, 0.4) is 0 Å². The van der Waals surface area contributed by atoms with Gasteiger partial charge in [-0.1, -0.05) is 30.3 Å². The molecular formula is C21H15N3NaO7S+. The van der Waals surface area contributed by atoms with Crippen LogP contribution in [0.1, 0.15) is 5.56 Å². The molecule has 0 saturated heterocycles. The first-order valence-electron chi connectivity index (χ1n) is 9.09. The normalized spacial score (nSPS) is 12.2. The van der Waals surface area contributed by atoms with E-state index in [1.165, 1.54) is 36.4 Å². The molecule has 162 valence electrons. The quantitative estimate of drug-likeness (QED) is 0.160. The maximum absolute atomic E-state index is 13.2. The van der Waals surface area contributed by atoms with Crippen molar-refractivity contribution in [1.82, 2.24) is 0 Å². The summed E-state index contributed by atoms with van der Waals surface area (Å²) in [5.74, 6) is 0.